The average molecular weight is 438 g/mol. The van der Waals surface area contributed by atoms with E-state index < -0.39 is 23.6 Å². The molecular weight excluding hydrogens is 417 g/mol. The maximum Gasteiger partial charge on any atom is 0.416 e. The summed E-state index contributed by atoms with van der Waals surface area (Å²) in [6.07, 6.45) is -4.50. The van der Waals surface area contributed by atoms with Crippen LogP contribution in [0.1, 0.15) is 16.1 Å². The smallest absolute Gasteiger partial charge is 0.383 e. The van der Waals surface area contributed by atoms with E-state index in [4.69, 9.17) is 10.5 Å². The van der Waals surface area contributed by atoms with Gasteiger partial charge in [0, 0.05) is 38.5 Å². The molecule has 166 valence electrons. The highest BCUT2D eigenvalue weighted by molar-refractivity contribution is 5.97. The third-order valence-electron chi connectivity index (χ3n) is 4.57. The molecule has 1 aromatic heterocycles. The number of rotatable bonds is 7. The van der Waals surface area contributed by atoms with Gasteiger partial charge in [-0.2, -0.15) is 18.2 Å². The number of primary amides is 1. The van der Waals surface area contributed by atoms with Crippen molar-refractivity contribution in [2.45, 2.75) is 6.18 Å². The van der Waals surface area contributed by atoms with Crippen molar-refractivity contribution in [3.05, 3.63) is 41.6 Å². The molecule has 2 amide bonds. The fourth-order valence-electron chi connectivity index (χ4n) is 3.04. The van der Waals surface area contributed by atoms with Crippen LogP contribution < -0.4 is 20.9 Å². The molecule has 0 atom stereocenters. The lowest BCUT2D eigenvalue weighted by Crippen LogP contribution is -2.51. The molecule has 12 heteroatoms. The minimum absolute atomic E-state index is 0.0299. The molecular formula is C19H21F3N6O3. The van der Waals surface area contributed by atoms with E-state index in [0.717, 1.165) is 12.1 Å². The molecule has 1 aliphatic heterocycles. The van der Waals surface area contributed by atoms with Crippen LogP contribution >= 0.6 is 0 Å². The number of carbonyl (C=O) groups excluding carboxylic acids is 2. The molecule has 0 aliphatic carbocycles. The predicted molar refractivity (Wildman–Crippen MR) is 107 cm³/mol. The van der Waals surface area contributed by atoms with Gasteiger partial charge in [0.25, 0.3) is 5.91 Å². The molecule has 0 unspecified atom stereocenters. The number of amides is 2. The van der Waals surface area contributed by atoms with Crippen molar-refractivity contribution < 1.29 is 27.5 Å². The summed E-state index contributed by atoms with van der Waals surface area (Å²) in [5.41, 5.74) is 4.64. The monoisotopic (exact) mass is 438 g/mol. The molecule has 1 aromatic carbocycles. The van der Waals surface area contributed by atoms with E-state index in [1.807, 2.05) is 0 Å². The first kappa shape index (κ1) is 22.3. The minimum atomic E-state index is -4.50. The molecule has 2 heterocycles. The van der Waals surface area contributed by atoms with Gasteiger partial charge in [-0.05, 0) is 18.2 Å². The number of nitrogens with one attached hydrogen (secondary N) is 1. The zero-order valence-electron chi connectivity index (χ0n) is 16.6. The number of hydrogen-bond donors (Lipinski definition) is 2. The van der Waals surface area contributed by atoms with E-state index >= 15 is 0 Å². The fraction of sp³-hybridized carbons (Fsp3) is 0.368. The van der Waals surface area contributed by atoms with Gasteiger partial charge in [-0.3, -0.25) is 9.59 Å². The van der Waals surface area contributed by atoms with Gasteiger partial charge in [-0.25, -0.2) is 4.98 Å². The number of methoxy groups -OCH3 is 1. The molecule has 31 heavy (non-hydrogen) atoms. The molecule has 1 aliphatic rings. The fourth-order valence-corrected chi connectivity index (χ4v) is 3.04. The van der Waals surface area contributed by atoms with Gasteiger partial charge in [-0.1, -0.05) is 6.07 Å². The molecule has 0 saturated carbocycles. The van der Waals surface area contributed by atoms with Crippen LogP contribution in [0.4, 0.5) is 30.6 Å². The van der Waals surface area contributed by atoms with Crippen LogP contribution in [0, 0.1) is 0 Å². The number of piperazine rings is 1. The van der Waals surface area contributed by atoms with Crippen LogP contribution in [-0.4, -0.2) is 61.7 Å². The van der Waals surface area contributed by atoms with Crippen molar-refractivity contribution in [2.24, 2.45) is 5.73 Å². The molecule has 2 aromatic rings. The molecule has 0 bridgehead atoms. The predicted octanol–water partition coefficient (Wildman–Crippen LogP) is 1.51. The van der Waals surface area contributed by atoms with E-state index in [0.29, 0.717) is 19.0 Å². The molecule has 0 spiro atoms. The quantitative estimate of drug-likeness (QED) is 0.630. The van der Waals surface area contributed by atoms with Crippen molar-refractivity contribution in [3.63, 3.8) is 0 Å². The Bertz CT molecular complexity index is 969. The van der Waals surface area contributed by atoms with Crippen molar-refractivity contribution in [2.75, 3.05) is 55.0 Å². The number of carbonyl (C=O) groups is 2. The summed E-state index contributed by atoms with van der Waals surface area (Å²) in [6.45, 7) is 1.03. The van der Waals surface area contributed by atoms with Gasteiger partial charge in [-0.15, -0.1) is 0 Å². The van der Waals surface area contributed by atoms with Gasteiger partial charge in [0.15, 0.2) is 0 Å². The number of anilines is 3. The minimum Gasteiger partial charge on any atom is -0.383 e. The Morgan fingerprint density at radius 2 is 2.03 bits per heavy atom. The number of ether oxygens (including phenoxy) is 1. The molecule has 3 N–H and O–H groups in total. The highest BCUT2D eigenvalue weighted by Gasteiger charge is 2.32. The summed E-state index contributed by atoms with van der Waals surface area (Å²) >= 11 is 0. The van der Waals surface area contributed by atoms with Crippen molar-refractivity contribution in [1.29, 1.82) is 0 Å². The lowest BCUT2D eigenvalue weighted by atomic mass is 10.1. The number of nitrogens with two attached hydrogens (primary N) is 1. The van der Waals surface area contributed by atoms with Gasteiger partial charge in [0.1, 0.15) is 18.1 Å². The van der Waals surface area contributed by atoms with E-state index in [1.165, 1.54) is 30.2 Å². The van der Waals surface area contributed by atoms with Gasteiger partial charge < -0.3 is 25.6 Å². The molecule has 1 fully saturated rings. The third-order valence-corrected chi connectivity index (χ3v) is 4.57. The maximum atomic E-state index is 13.0. The topological polar surface area (TPSA) is 114 Å². The van der Waals surface area contributed by atoms with Gasteiger partial charge in [0.2, 0.25) is 11.9 Å². The van der Waals surface area contributed by atoms with Crippen molar-refractivity contribution in [1.82, 2.24) is 9.97 Å². The summed E-state index contributed by atoms with van der Waals surface area (Å²) in [5, 5.41) is 2.97. The van der Waals surface area contributed by atoms with Gasteiger partial charge >= 0.3 is 6.18 Å². The normalized spacial score (nSPS) is 14.6. The summed E-state index contributed by atoms with van der Waals surface area (Å²) in [6, 6.07) is 5.99. The Morgan fingerprint density at radius 1 is 1.26 bits per heavy atom. The number of benzene rings is 1. The van der Waals surface area contributed by atoms with Crippen LogP contribution in [-0.2, 0) is 15.7 Å². The number of alkyl halides is 3. The Morgan fingerprint density at radius 3 is 2.68 bits per heavy atom. The van der Waals surface area contributed by atoms with E-state index in [-0.39, 0.29) is 37.0 Å². The largest absolute Gasteiger partial charge is 0.416 e. The number of halogens is 3. The molecule has 0 radical (unpaired) electrons. The zero-order chi connectivity index (χ0) is 22.6. The van der Waals surface area contributed by atoms with E-state index in [2.05, 4.69) is 15.3 Å². The standard InChI is InChI=1S/C19H21F3N6O3/c1-31-8-5-24-15-10-14(17(23)30)25-18(26-15)27-6-7-28(16(29)11-27)13-4-2-3-12(9-13)19(20,21)22/h2-4,9-10H,5-8,11H2,1H3,(H2,23,30)(H,24,25,26). The van der Waals surface area contributed by atoms with E-state index in [1.54, 1.807) is 4.90 Å². The lowest BCUT2D eigenvalue weighted by Gasteiger charge is -2.34. The van der Waals surface area contributed by atoms with Crippen molar-refractivity contribution >= 4 is 29.3 Å². The number of nitrogens with zero attached hydrogens (tertiary/aromatic N) is 4. The second-order valence-electron chi connectivity index (χ2n) is 6.74. The van der Waals surface area contributed by atoms with Crippen LogP contribution in [0.15, 0.2) is 30.3 Å². The molecule has 1 saturated heterocycles. The first-order valence-corrected chi connectivity index (χ1v) is 9.33. The Balaban J connectivity index is 1.79. The highest BCUT2D eigenvalue weighted by atomic mass is 19.4. The first-order valence-electron chi connectivity index (χ1n) is 9.33. The summed E-state index contributed by atoms with van der Waals surface area (Å²) in [4.78, 5) is 35.5. The highest BCUT2D eigenvalue weighted by Crippen LogP contribution is 2.32. The number of hydrogen-bond acceptors (Lipinski definition) is 7. The average Bonchev–Trinajstić information content (AvgIpc) is 2.73. The summed E-state index contributed by atoms with van der Waals surface area (Å²) < 4.78 is 43.9. The molecule has 3 rings (SSSR count). The lowest BCUT2D eigenvalue weighted by molar-refractivity contribution is -0.137. The molecule has 9 nitrogen and oxygen atoms in total. The second kappa shape index (κ2) is 9.16. The second-order valence-corrected chi connectivity index (χ2v) is 6.74. The first-order chi connectivity index (χ1) is 14.7. The Labute approximate surface area is 176 Å². The number of aromatic nitrogens is 2. The van der Waals surface area contributed by atoms with Crippen LogP contribution in [0.2, 0.25) is 0 Å². The van der Waals surface area contributed by atoms with E-state index in [9.17, 15) is 22.8 Å². The van der Waals surface area contributed by atoms with Crippen LogP contribution in [0.5, 0.6) is 0 Å². The Hall–Kier alpha value is -3.41. The summed E-state index contributed by atoms with van der Waals surface area (Å²) in [5.74, 6) is -0.725. The van der Waals surface area contributed by atoms with Gasteiger partial charge in [0.05, 0.1) is 12.2 Å². The summed E-state index contributed by atoms with van der Waals surface area (Å²) in [7, 11) is 1.54. The third kappa shape index (κ3) is 5.40. The van der Waals surface area contributed by atoms with Crippen LogP contribution in [0.3, 0.4) is 0 Å². The van der Waals surface area contributed by atoms with Crippen LogP contribution in [0.25, 0.3) is 0 Å². The maximum absolute atomic E-state index is 13.0. The van der Waals surface area contributed by atoms with Crippen molar-refractivity contribution in [3.8, 4) is 0 Å². The SMILES string of the molecule is COCCNc1cc(C(N)=O)nc(N2CCN(c3cccc(C(F)(F)F)c3)C(=O)C2)n1. The zero-order valence-corrected chi connectivity index (χ0v) is 16.6. The Kier molecular flexibility index (Phi) is 6.59.